The monoisotopic (exact) mass is 378 g/mol. The quantitative estimate of drug-likeness (QED) is 0.869. The van der Waals surface area contributed by atoms with Crippen LogP contribution in [-0.4, -0.2) is 46.4 Å². The molecule has 2 aliphatic rings. The molecule has 6 nitrogen and oxygen atoms in total. The summed E-state index contributed by atoms with van der Waals surface area (Å²) in [6.45, 7) is 5.99. The van der Waals surface area contributed by atoms with Gasteiger partial charge in [0.2, 0.25) is 0 Å². The van der Waals surface area contributed by atoms with Crippen LogP contribution in [0.4, 0.5) is 9.59 Å². The Balaban J connectivity index is 2.16. The van der Waals surface area contributed by atoms with Gasteiger partial charge in [-0.2, -0.15) is 0 Å². The van der Waals surface area contributed by atoms with Crippen LogP contribution in [0.5, 0.6) is 0 Å². The van der Waals surface area contributed by atoms with E-state index in [1.54, 1.807) is 23.9 Å². The van der Waals surface area contributed by atoms with Crippen molar-refractivity contribution < 1.29 is 9.59 Å². The minimum Gasteiger partial charge on any atom is -0.307 e. The van der Waals surface area contributed by atoms with Crippen molar-refractivity contribution in [1.82, 2.24) is 20.0 Å². The topological polar surface area (TPSA) is 55.9 Å². The van der Waals surface area contributed by atoms with Gasteiger partial charge in [0.1, 0.15) is 0 Å². The van der Waals surface area contributed by atoms with Crippen LogP contribution in [0.1, 0.15) is 31.9 Å². The Morgan fingerprint density at radius 2 is 1.29 bits per heavy atom. The predicted molar refractivity (Wildman–Crippen MR) is 107 cm³/mol. The number of hydrogen-bond acceptors (Lipinski definition) is 2. The Kier molecular flexibility index (Phi) is 3.76. The van der Waals surface area contributed by atoms with Gasteiger partial charge < -0.3 is 5.32 Å². The Morgan fingerprint density at radius 1 is 0.786 bits per heavy atom. The van der Waals surface area contributed by atoms with Gasteiger partial charge in [0.15, 0.2) is 11.3 Å². The molecule has 4 rings (SSSR count). The minimum absolute atomic E-state index is 0.151. The summed E-state index contributed by atoms with van der Waals surface area (Å²) in [5.74, 6) is 0. The van der Waals surface area contributed by atoms with Crippen LogP contribution in [0.2, 0.25) is 0 Å². The second-order valence-corrected chi connectivity index (χ2v) is 8.45. The minimum atomic E-state index is -1.06. The highest BCUT2D eigenvalue weighted by molar-refractivity contribution is 5.89. The lowest BCUT2D eigenvalue weighted by Crippen LogP contribution is -2.65. The molecule has 2 heterocycles. The third kappa shape index (κ3) is 1.97. The van der Waals surface area contributed by atoms with Crippen LogP contribution in [-0.2, 0) is 11.3 Å². The first-order valence-electron chi connectivity index (χ1n) is 9.44. The molecule has 2 aromatic carbocycles. The highest BCUT2D eigenvalue weighted by Crippen LogP contribution is 2.58. The average molecular weight is 378 g/mol. The highest BCUT2D eigenvalue weighted by atomic mass is 16.2. The van der Waals surface area contributed by atoms with E-state index in [1.165, 1.54) is 0 Å². The Labute approximate surface area is 165 Å². The van der Waals surface area contributed by atoms with E-state index in [9.17, 15) is 9.59 Å². The van der Waals surface area contributed by atoms with E-state index in [1.807, 2.05) is 86.3 Å². The zero-order valence-electron chi connectivity index (χ0n) is 16.9. The van der Waals surface area contributed by atoms with Crippen LogP contribution in [0.25, 0.3) is 0 Å². The van der Waals surface area contributed by atoms with E-state index in [0.29, 0.717) is 0 Å². The van der Waals surface area contributed by atoms with Gasteiger partial charge in [-0.1, -0.05) is 60.7 Å². The van der Waals surface area contributed by atoms with Crippen LogP contribution < -0.4 is 5.32 Å². The van der Waals surface area contributed by atoms with Gasteiger partial charge in [0.05, 0.1) is 0 Å². The summed E-state index contributed by atoms with van der Waals surface area (Å²) in [5, 5.41) is 3.20. The van der Waals surface area contributed by atoms with E-state index >= 15 is 0 Å². The third-order valence-corrected chi connectivity index (χ3v) is 5.92. The Hall–Kier alpha value is -3.02. The molecule has 0 aliphatic carbocycles. The third-order valence-electron chi connectivity index (χ3n) is 5.92. The summed E-state index contributed by atoms with van der Waals surface area (Å²) in [4.78, 5) is 31.9. The molecule has 2 aromatic rings. The first-order chi connectivity index (χ1) is 13.2. The van der Waals surface area contributed by atoms with Crippen molar-refractivity contribution >= 4 is 12.1 Å². The van der Waals surface area contributed by atoms with E-state index in [-0.39, 0.29) is 12.1 Å². The maximum atomic E-state index is 13.4. The summed E-state index contributed by atoms with van der Waals surface area (Å²) < 4.78 is 0. The lowest BCUT2D eigenvalue weighted by molar-refractivity contribution is -0.0596. The van der Waals surface area contributed by atoms with Crippen molar-refractivity contribution in [2.75, 3.05) is 14.1 Å². The number of carbonyl (C=O) groups excluding carboxylic acids is 2. The number of urea groups is 2. The molecule has 146 valence electrons. The van der Waals surface area contributed by atoms with E-state index < -0.39 is 16.9 Å². The predicted octanol–water partition coefficient (Wildman–Crippen LogP) is 3.51. The number of hydrogen-bond donors (Lipinski definition) is 1. The van der Waals surface area contributed by atoms with Gasteiger partial charge in [-0.25, -0.2) is 9.59 Å². The van der Waals surface area contributed by atoms with Crippen molar-refractivity contribution in [2.45, 2.75) is 37.6 Å². The molecule has 2 fully saturated rings. The average Bonchev–Trinajstić information content (AvgIpc) is 3.05. The molecule has 28 heavy (non-hydrogen) atoms. The number of carbonyl (C=O) groups is 2. The summed E-state index contributed by atoms with van der Waals surface area (Å²) in [6.07, 6.45) is 0. The molecule has 0 unspecified atom stereocenters. The fourth-order valence-electron chi connectivity index (χ4n) is 4.96. The van der Waals surface area contributed by atoms with Crippen LogP contribution in [0.3, 0.4) is 0 Å². The normalized spacial score (nSPS) is 27.2. The molecule has 0 radical (unpaired) electrons. The zero-order chi connectivity index (χ0) is 20.3. The molecule has 0 saturated carbocycles. The van der Waals surface area contributed by atoms with Crippen LogP contribution in [0.15, 0.2) is 60.7 Å². The molecule has 2 saturated heterocycles. The summed E-state index contributed by atoms with van der Waals surface area (Å²) in [6, 6.07) is 19.2. The lowest BCUT2D eigenvalue weighted by Gasteiger charge is -2.51. The van der Waals surface area contributed by atoms with Gasteiger partial charge in [-0.15, -0.1) is 0 Å². The van der Waals surface area contributed by atoms with Gasteiger partial charge in [-0.3, -0.25) is 14.7 Å². The van der Waals surface area contributed by atoms with Crippen LogP contribution >= 0.6 is 0 Å². The molecule has 4 amide bonds. The first-order valence-corrected chi connectivity index (χ1v) is 9.44. The zero-order valence-corrected chi connectivity index (χ0v) is 16.9. The second kappa shape index (κ2) is 5.74. The van der Waals surface area contributed by atoms with Crippen molar-refractivity contribution in [3.05, 3.63) is 71.8 Å². The van der Waals surface area contributed by atoms with E-state index in [2.05, 4.69) is 5.32 Å². The molecule has 2 atom stereocenters. The SMILES string of the molecule is CN1C(=O)N(C)[C@@]2(c3ccccc3)NC(=O)N(C(C)(C)C)[C@]12c1ccccc1. The summed E-state index contributed by atoms with van der Waals surface area (Å²) in [5.41, 5.74) is -0.898. The first kappa shape index (κ1) is 18.3. The maximum absolute atomic E-state index is 13.4. The van der Waals surface area contributed by atoms with Gasteiger partial charge in [0.25, 0.3) is 0 Å². The number of amides is 4. The fraction of sp³-hybridized carbons (Fsp3) is 0.364. The number of rotatable bonds is 2. The fourth-order valence-corrected chi connectivity index (χ4v) is 4.96. The standard InChI is InChI=1S/C22H26N4O2/c1-20(2,3)26-18(27)23-21(16-12-8-6-9-13-16)22(26,17-14-10-7-11-15-17)25(5)19(28)24(21)4/h6-15H,1-5H3,(H,23,27)/t21-,22+/m1/s1. The largest absolute Gasteiger partial charge is 0.324 e. The van der Waals surface area contributed by atoms with Crippen molar-refractivity contribution in [1.29, 1.82) is 0 Å². The Bertz CT molecular complexity index is 925. The van der Waals surface area contributed by atoms with Gasteiger partial charge in [0, 0.05) is 30.8 Å². The highest BCUT2D eigenvalue weighted by Gasteiger charge is 2.76. The molecule has 1 N–H and O–H groups in total. The van der Waals surface area contributed by atoms with Crippen LogP contribution in [0, 0.1) is 0 Å². The second-order valence-electron chi connectivity index (χ2n) is 8.45. The maximum Gasteiger partial charge on any atom is 0.324 e. The number of nitrogens with zero attached hydrogens (tertiary/aromatic N) is 3. The molecule has 0 aromatic heterocycles. The van der Waals surface area contributed by atoms with Crippen molar-refractivity contribution in [3.8, 4) is 0 Å². The van der Waals surface area contributed by atoms with Gasteiger partial charge >= 0.3 is 12.1 Å². The van der Waals surface area contributed by atoms with Crippen molar-refractivity contribution in [3.63, 3.8) is 0 Å². The molecular weight excluding hydrogens is 352 g/mol. The molecule has 2 aliphatic heterocycles. The van der Waals surface area contributed by atoms with Crippen molar-refractivity contribution in [2.24, 2.45) is 0 Å². The van der Waals surface area contributed by atoms with Gasteiger partial charge in [-0.05, 0) is 20.8 Å². The number of likely N-dealkylation sites (N-methyl/N-ethyl adjacent to an activating group) is 2. The number of benzene rings is 2. The summed E-state index contributed by atoms with van der Waals surface area (Å²) in [7, 11) is 3.53. The molecule has 0 bridgehead atoms. The number of nitrogens with one attached hydrogen (secondary N) is 1. The Morgan fingerprint density at radius 3 is 1.79 bits per heavy atom. The van der Waals surface area contributed by atoms with E-state index in [4.69, 9.17) is 0 Å². The molecule has 0 spiro atoms. The number of fused-ring (bicyclic) bond motifs is 1. The van der Waals surface area contributed by atoms with E-state index in [0.717, 1.165) is 11.1 Å². The molecule has 6 heteroatoms. The smallest absolute Gasteiger partial charge is 0.307 e. The lowest BCUT2D eigenvalue weighted by atomic mass is 9.79. The summed E-state index contributed by atoms with van der Waals surface area (Å²) >= 11 is 0. The molecular formula is C22H26N4O2.